The molecule has 1 aromatic rings. The van der Waals surface area contributed by atoms with E-state index in [1.165, 1.54) is 4.90 Å². The number of carbonyl (C=O) groups is 2. The van der Waals surface area contributed by atoms with Gasteiger partial charge in [0.05, 0.1) is 18.2 Å². The predicted octanol–water partition coefficient (Wildman–Crippen LogP) is 1.25. The lowest BCUT2D eigenvalue weighted by Crippen LogP contribution is -2.39. The third-order valence-corrected chi connectivity index (χ3v) is 3.35. The minimum atomic E-state index is -0.416. The van der Waals surface area contributed by atoms with Crippen LogP contribution in [0, 0.1) is 6.92 Å². The first-order chi connectivity index (χ1) is 9.63. The second kappa shape index (κ2) is 6.63. The van der Waals surface area contributed by atoms with Gasteiger partial charge in [0, 0.05) is 13.7 Å². The fourth-order valence-electron chi connectivity index (χ4n) is 2.25. The maximum Gasteiger partial charge on any atom is 0.251 e. The summed E-state index contributed by atoms with van der Waals surface area (Å²) < 4.78 is 4.95. The standard InChI is InChI=1S/C15H20N2O3/c1-11-4-6-12(7-5-11)17-14(18)10-13(15(17)19)16-8-3-9-20-2/h4-7,13,16H,3,8-10H2,1-2H3. The van der Waals surface area contributed by atoms with Crippen LogP contribution >= 0.6 is 0 Å². The molecule has 1 heterocycles. The molecular weight excluding hydrogens is 256 g/mol. The van der Waals surface area contributed by atoms with Crippen LogP contribution in [0.2, 0.25) is 0 Å². The molecule has 1 aromatic carbocycles. The third-order valence-electron chi connectivity index (χ3n) is 3.35. The first-order valence-electron chi connectivity index (χ1n) is 6.79. The zero-order chi connectivity index (χ0) is 14.5. The number of ether oxygens (including phenoxy) is 1. The normalized spacial score (nSPS) is 18.9. The molecule has 1 aliphatic rings. The van der Waals surface area contributed by atoms with Gasteiger partial charge in [-0.2, -0.15) is 0 Å². The Morgan fingerprint density at radius 2 is 2.00 bits per heavy atom. The van der Waals surface area contributed by atoms with Crippen LogP contribution in [0.4, 0.5) is 5.69 Å². The van der Waals surface area contributed by atoms with Crippen LogP contribution in [0.5, 0.6) is 0 Å². The van der Waals surface area contributed by atoms with Crippen molar-refractivity contribution in [1.29, 1.82) is 0 Å². The summed E-state index contributed by atoms with van der Waals surface area (Å²) in [4.78, 5) is 25.6. The number of carbonyl (C=O) groups excluding carboxylic acids is 2. The molecule has 5 nitrogen and oxygen atoms in total. The largest absolute Gasteiger partial charge is 0.385 e. The topological polar surface area (TPSA) is 58.6 Å². The van der Waals surface area contributed by atoms with Gasteiger partial charge >= 0.3 is 0 Å². The maximum atomic E-state index is 12.3. The van der Waals surface area contributed by atoms with Crippen LogP contribution in [-0.4, -0.2) is 38.1 Å². The average molecular weight is 276 g/mol. The molecule has 2 rings (SSSR count). The number of hydrogen-bond donors (Lipinski definition) is 1. The minimum absolute atomic E-state index is 0.150. The molecule has 1 unspecified atom stereocenters. The summed E-state index contributed by atoms with van der Waals surface area (Å²) in [7, 11) is 1.64. The van der Waals surface area contributed by atoms with Gasteiger partial charge in [0.15, 0.2) is 0 Å². The van der Waals surface area contributed by atoms with Crippen molar-refractivity contribution < 1.29 is 14.3 Å². The molecule has 1 N–H and O–H groups in total. The van der Waals surface area contributed by atoms with Crippen LogP contribution in [0.3, 0.4) is 0 Å². The van der Waals surface area contributed by atoms with Crippen molar-refractivity contribution >= 4 is 17.5 Å². The van der Waals surface area contributed by atoms with Gasteiger partial charge in [0.1, 0.15) is 0 Å². The number of hydrogen-bond acceptors (Lipinski definition) is 4. The molecule has 0 aromatic heterocycles. The molecule has 108 valence electrons. The monoisotopic (exact) mass is 276 g/mol. The summed E-state index contributed by atoms with van der Waals surface area (Å²) in [6, 6.07) is 6.99. The van der Waals surface area contributed by atoms with Crippen molar-refractivity contribution in [2.24, 2.45) is 0 Å². The van der Waals surface area contributed by atoms with Crippen molar-refractivity contribution in [1.82, 2.24) is 5.32 Å². The van der Waals surface area contributed by atoms with Crippen molar-refractivity contribution in [3.8, 4) is 0 Å². The Morgan fingerprint density at radius 3 is 2.65 bits per heavy atom. The Bertz CT molecular complexity index is 484. The predicted molar refractivity (Wildman–Crippen MR) is 76.6 cm³/mol. The molecule has 1 fully saturated rings. The second-order valence-corrected chi connectivity index (χ2v) is 4.96. The number of imide groups is 1. The van der Waals surface area contributed by atoms with E-state index in [1.807, 2.05) is 19.1 Å². The van der Waals surface area contributed by atoms with Gasteiger partial charge in [0.25, 0.3) is 5.91 Å². The number of nitrogens with zero attached hydrogens (tertiary/aromatic N) is 1. The summed E-state index contributed by atoms with van der Waals surface area (Å²) in [5.74, 6) is -0.320. The molecule has 20 heavy (non-hydrogen) atoms. The Balaban J connectivity index is 2.00. The number of nitrogens with one attached hydrogen (secondary N) is 1. The van der Waals surface area contributed by atoms with E-state index in [0.717, 1.165) is 12.0 Å². The van der Waals surface area contributed by atoms with Gasteiger partial charge in [-0.15, -0.1) is 0 Å². The van der Waals surface area contributed by atoms with Crippen LogP contribution in [0.15, 0.2) is 24.3 Å². The van der Waals surface area contributed by atoms with Gasteiger partial charge in [-0.25, -0.2) is 4.90 Å². The van der Waals surface area contributed by atoms with E-state index in [-0.39, 0.29) is 18.2 Å². The van der Waals surface area contributed by atoms with Crippen LogP contribution in [0.25, 0.3) is 0 Å². The van der Waals surface area contributed by atoms with Crippen molar-refractivity contribution in [2.75, 3.05) is 25.2 Å². The lowest BCUT2D eigenvalue weighted by molar-refractivity contribution is -0.121. The molecule has 2 amide bonds. The zero-order valence-electron chi connectivity index (χ0n) is 11.9. The molecule has 1 atom stereocenters. The summed E-state index contributed by atoms with van der Waals surface area (Å²) in [5.41, 5.74) is 1.74. The number of amides is 2. The molecule has 1 aliphatic heterocycles. The van der Waals surface area contributed by atoms with E-state index in [0.29, 0.717) is 18.8 Å². The lowest BCUT2D eigenvalue weighted by Gasteiger charge is -2.15. The highest BCUT2D eigenvalue weighted by Gasteiger charge is 2.38. The fraction of sp³-hybridized carbons (Fsp3) is 0.467. The van der Waals surface area contributed by atoms with Crippen LogP contribution in [-0.2, 0) is 14.3 Å². The molecule has 0 spiro atoms. The lowest BCUT2D eigenvalue weighted by atomic mass is 10.2. The van der Waals surface area contributed by atoms with Crippen LogP contribution in [0.1, 0.15) is 18.4 Å². The van der Waals surface area contributed by atoms with Crippen molar-refractivity contribution in [3.05, 3.63) is 29.8 Å². The van der Waals surface area contributed by atoms with E-state index in [4.69, 9.17) is 4.74 Å². The van der Waals surface area contributed by atoms with E-state index >= 15 is 0 Å². The molecule has 0 bridgehead atoms. The number of benzene rings is 1. The molecule has 0 radical (unpaired) electrons. The highest BCUT2D eigenvalue weighted by atomic mass is 16.5. The van der Waals surface area contributed by atoms with Gasteiger partial charge in [-0.05, 0) is 32.0 Å². The number of anilines is 1. The molecule has 0 saturated carbocycles. The Labute approximate surface area is 118 Å². The van der Waals surface area contributed by atoms with Crippen molar-refractivity contribution in [3.63, 3.8) is 0 Å². The van der Waals surface area contributed by atoms with Gasteiger partial charge in [0.2, 0.25) is 5.91 Å². The Kier molecular flexibility index (Phi) is 4.87. The van der Waals surface area contributed by atoms with E-state index in [9.17, 15) is 9.59 Å². The zero-order valence-corrected chi connectivity index (χ0v) is 11.9. The van der Waals surface area contributed by atoms with E-state index in [2.05, 4.69) is 5.32 Å². The summed E-state index contributed by atoms with van der Waals surface area (Å²) >= 11 is 0. The number of rotatable bonds is 6. The maximum absolute atomic E-state index is 12.3. The van der Waals surface area contributed by atoms with E-state index in [1.54, 1.807) is 19.2 Å². The first-order valence-corrected chi connectivity index (χ1v) is 6.79. The highest BCUT2D eigenvalue weighted by molar-refractivity contribution is 6.22. The molecule has 0 aliphatic carbocycles. The molecular formula is C15H20N2O3. The van der Waals surface area contributed by atoms with Crippen LogP contribution < -0.4 is 10.2 Å². The molecule has 1 saturated heterocycles. The van der Waals surface area contributed by atoms with Gasteiger partial charge in [-0.1, -0.05) is 17.7 Å². The third kappa shape index (κ3) is 3.23. The van der Waals surface area contributed by atoms with Gasteiger partial charge < -0.3 is 10.1 Å². The summed E-state index contributed by atoms with van der Waals surface area (Å²) in [6.45, 7) is 3.28. The highest BCUT2D eigenvalue weighted by Crippen LogP contribution is 2.23. The minimum Gasteiger partial charge on any atom is -0.385 e. The van der Waals surface area contributed by atoms with E-state index < -0.39 is 6.04 Å². The SMILES string of the molecule is COCCCNC1CC(=O)N(c2ccc(C)cc2)C1=O. The summed E-state index contributed by atoms with van der Waals surface area (Å²) in [5, 5.41) is 3.12. The van der Waals surface area contributed by atoms with Crippen molar-refractivity contribution in [2.45, 2.75) is 25.8 Å². The Hall–Kier alpha value is -1.72. The number of methoxy groups -OCH3 is 1. The average Bonchev–Trinajstić information content (AvgIpc) is 2.71. The fourth-order valence-corrected chi connectivity index (χ4v) is 2.25. The second-order valence-electron chi connectivity index (χ2n) is 4.96. The quantitative estimate of drug-likeness (QED) is 0.627. The number of aryl methyl sites for hydroxylation is 1. The molecule has 5 heteroatoms. The smallest absolute Gasteiger partial charge is 0.251 e. The first kappa shape index (κ1) is 14.7. The van der Waals surface area contributed by atoms with Gasteiger partial charge in [-0.3, -0.25) is 9.59 Å². The Morgan fingerprint density at radius 1 is 1.30 bits per heavy atom. The summed E-state index contributed by atoms with van der Waals surface area (Å²) in [6.07, 6.45) is 1.04.